The number of rotatable bonds is 4. The van der Waals surface area contributed by atoms with Crippen LogP contribution in [0.4, 0.5) is 5.69 Å². The predicted molar refractivity (Wildman–Crippen MR) is 106 cm³/mol. The summed E-state index contributed by atoms with van der Waals surface area (Å²) >= 11 is 0. The maximum absolute atomic E-state index is 5.44. The first-order valence-electron chi connectivity index (χ1n) is 9.20. The standard InChI is InChI=1S/C21H20N6O/c1-28-17-7-8-18-20(10-17)27-19(11-21(25-18)26-14-22-13-24-26)16(12-23-27)9-15-5-3-2-4-6-15/h2-8,10,12-14,21,25H,9,11H2,1H3. The molecule has 0 bridgehead atoms. The molecule has 3 heterocycles. The second-order valence-electron chi connectivity index (χ2n) is 6.81. The van der Waals surface area contributed by atoms with Gasteiger partial charge in [-0.15, -0.1) is 0 Å². The first-order valence-corrected chi connectivity index (χ1v) is 9.20. The fourth-order valence-electron chi connectivity index (χ4n) is 3.68. The van der Waals surface area contributed by atoms with Gasteiger partial charge in [-0.25, -0.2) is 14.3 Å². The average Bonchev–Trinajstić information content (AvgIpc) is 3.36. The van der Waals surface area contributed by atoms with E-state index in [1.54, 1.807) is 19.8 Å². The van der Waals surface area contributed by atoms with Crippen molar-refractivity contribution >= 4 is 5.69 Å². The van der Waals surface area contributed by atoms with E-state index in [0.29, 0.717) is 0 Å². The average molecular weight is 372 g/mol. The van der Waals surface area contributed by atoms with Crippen molar-refractivity contribution in [3.05, 3.63) is 84.2 Å². The van der Waals surface area contributed by atoms with Crippen LogP contribution < -0.4 is 10.1 Å². The fourth-order valence-corrected chi connectivity index (χ4v) is 3.68. The van der Waals surface area contributed by atoms with Gasteiger partial charge in [-0.05, 0) is 23.3 Å². The molecule has 2 aromatic heterocycles. The highest BCUT2D eigenvalue weighted by Gasteiger charge is 2.25. The van der Waals surface area contributed by atoms with Crippen LogP contribution in [0, 0.1) is 0 Å². The first kappa shape index (κ1) is 16.6. The molecule has 0 amide bonds. The van der Waals surface area contributed by atoms with Crippen LogP contribution >= 0.6 is 0 Å². The molecule has 1 N–H and O–H groups in total. The Morgan fingerprint density at radius 1 is 1.14 bits per heavy atom. The highest BCUT2D eigenvalue weighted by atomic mass is 16.5. The number of nitrogens with one attached hydrogen (secondary N) is 1. The zero-order chi connectivity index (χ0) is 18.9. The van der Waals surface area contributed by atoms with E-state index in [-0.39, 0.29) is 6.17 Å². The molecule has 0 aliphatic carbocycles. The molecule has 1 aliphatic rings. The third-order valence-corrected chi connectivity index (χ3v) is 5.09. The topological polar surface area (TPSA) is 69.8 Å². The summed E-state index contributed by atoms with van der Waals surface area (Å²) in [5.74, 6) is 0.797. The lowest BCUT2D eigenvalue weighted by atomic mass is 10.0. The van der Waals surface area contributed by atoms with E-state index in [2.05, 4.69) is 39.7 Å². The molecule has 0 saturated carbocycles. The molecule has 2 aromatic carbocycles. The molecule has 28 heavy (non-hydrogen) atoms. The Kier molecular flexibility index (Phi) is 4.05. The minimum atomic E-state index is -0.0536. The summed E-state index contributed by atoms with van der Waals surface area (Å²) in [5.41, 5.74) is 5.57. The first-order chi connectivity index (χ1) is 13.8. The number of fused-ring (bicyclic) bond motifs is 3. The molecular formula is C21H20N6O. The molecule has 1 atom stereocenters. The molecule has 0 saturated heterocycles. The van der Waals surface area contributed by atoms with Gasteiger partial charge in [-0.3, -0.25) is 0 Å². The molecule has 7 nitrogen and oxygen atoms in total. The highest BCUT2D eigenvalue weighted by Crippen LogP contribution is 2.34. The predicted octanol–water partition coefficient (Wildman–Crippen LogP) is 3.23. The van der Waals surface area contributed by atoms with Gasteiger partial charge in [0.25, 0.3) is 0 Å². The van der Waals surface area contributed by atoms with Gasteiger partial charge in [0.15, 0.2) is 0 Å². The zero-order valence-corrected chi connectivity index (χ0v) is 15.5. The van der Waals surface area contributed by atoms with Gasteiger partial charge in [0, 0.05) is 18.9 Å². The van der Waals surface area contributed by atoms with Crippen molar-refractivity contribution in [1.82, 2.24) is 24.5 Å². The van der Waals surface area contributed by atoms with E-state index in [1.807, 2.05) is 39.8 Å². The van der Waals surface area contributed by atoms with Crippen molar-refractivity contribution < 1.29 is 4.74 Å². The molecule has 0 radical (unpaired) electrons. The molecule has 5 rings (SSSR count). The lowest BCUT2D eigenvalue weighted by Gasteiger charge is -2.18. The Morgan fingerprint density at radius 2 is 2.04 bits per heavy atom. The maximum Gasteiger partial charge on any atom is 0.137 e. The molecule has 140 valence electrons. The van der Waals surface area contributed by atoms with E-state index in [4.69, 9.17) is 9.84 Å². The van der Waals surface area contributed by atoms with Crippen molar-refractivity contribution in [2.24, 2.45) is 0 Å². The van der Waals surface area contributed by atoms with Crippen LogP contribution in [0.5, 0.6) is 5.75 Å². The number of nitrogens with zero attached hydrogens (tertiary/aromatic N) is 5. The number of hydrogen-bond acceptors (Lipinski definition) is 5. The quantitative estimate of drug-likeness (QED) is 0.596. The lowest BCUT2D eigenvalue weighted by Crippen LogP contribution is -2.21. The van der Waals surface area contributed by atoms with Crippen LogP contribution in [-0.2, 0) is 12.8 Å². The Hall–Kier alpha value is -3.61. The maximum atomic E-state index is 5.44. The lowest BCUT2D eigenvalue weighted by molar-refractivity contribution is 0.414. The van der Waals surface area contributed by atoms with Crippen LogP contribution in [0.3, 0.4) is 0 Å². The van der Waals surface area contributed by atoms with Crippen LogP contribution in [0.15, 0.2) is 67.4 Å². The van der Waals surface area contributed by atoms with E-state index < -0.39 is 0 Å². The van der Waals surface area contributed by atoms with Gasteiger partial charge >= 0.3 is 0 Å². The summed E-state index contributed by atoms with van der Waals surface area (Å²) in [7, 11) is 1.68. The van der Waals surface area contributed by atoms with E-state index in [0.717, 1.165) is 35.7 Å². The summed E-state index contributed by atoms with van der Waals surface area (Å²) < 4.78 is 9.31. The Balaban J connectivity index is 1.63. The van der Waals surface area contributed by atoms with Crippen LogP contribution in [0.25, 0.3) is 5.69 Å². The van der Waals surface area contributed by atoms with Crippen LogP contribution in [-0.4, -0.2) is 31.7 Å². The van der Waals surface area contributed by atoms with Crippen molar-refractivity contribution in [1.29, 1.82) is 0 Å². The smallest absolute Gasteiger partial charge is 0.137 e. The highest BCUT2D eigenvalue weighted by molar-refractivity contribution is 5.65. The molecule has 0 spiro atoms. The summed E-state index contributed by atoms with van der Waals surface area (Å²) in [4.78, 5) is 4.11. The summed E-state index contributed by atoms with van der Waals surface area (Å²) in [6, 6.07) is 16.4. The number of hydrogen-bond donors (Lipinski definition) is 1. The third kappa shape index (κ3) is 2.90. The molecule has 1 unspecified atom stereocenters. The second kappa shape index (κ2) is 6.84. The normalized spacial score (nSPS) is 15.2. The van der Waals surface area contributed by atoms with Crippen LogP contribution in [0.2, 0.25) is 0 Å². The summed E-state index contributed by atoms with van der Waals surface area (Å²) in [6.45, 7) is 0. The fraction of sp³-hybridized carbons (Fsp3) is 0.190. The number of benzene rings is 2. The minimum absolute atomic E-state index is 0.0536. The number of anilines is 1. The largest absolute Gasteiger partial charge is 0.497 e. The molecule has 0 fully saturated rings. The molecular weight excluding hydrogens is 352 g/mol. The van der Waals surface area contributed by atoms with Gasteiger partial charge in [-0.1, -0.05) is 30.3 Å². The molecule has 7 heteroatoms. The summed E-state index contributed by atoms with van der Waals surface area (Å²) in [5, 5.41) is 12.7. The molecule has 4 aromatic rings. The Bertz CT molecular complexity index is 1090. The van der Waals surface area contributed by atoms with E-state index in [9.17, 15) is 0 Å². The number of ether oxygens (including phenoxy) is 1. The van der Waals surface area contributed by atoms with Crippen molar-refractivity contribution in [2.45, 2.75) is 19.0 Å². The summed E-state index contributed by atoms with van der Waals surface area (Å²) in [6.07, 6.45) is 6.78. The van der Waals surface area contributed by atoms with Gasteiger partial charge in [0.2, 0.25) is 0 Å². The monoisotopic (exact) mass is 372 g/mol. The van der Waals surface area contributed by atoms with Crippen molar-refractivity contribution in [3.8, 4) is 11.4 Å². The van der Waals surface area contributed by atoms with Gasteiger partial charge in [0.05, 0.1) is 30.4 Å². The van der Waals surface area contributed by atoms with Gasteiger partial charge < -0.3 is 10.1 Å². The van der Waals surface area contributed by atoms with Gasteiger partial charge in [0.1, 0.15) is 24.6 Å². The minimum Gasteiger partial charge on any atom is -0.497 e. The zero-order valence-electron chi connectivity index (χ0n) is 15.5. The number of aromatic nitrogens is 5. The second-order valence-corrected chi connectivity index (χ2v) is 6.81. The van der Waals surface area contributed by atoms with E-state index >= 15 is 0 Å². The Labute approximate surface area is 162 Å². The van der Waals surface area contributed by atoms with E-state index in [1.165, 1.54) is 11.1 Å². The SMILES string of the molecule is COc1ccc2c(c1)-n1ncc(Cc3ccccc3)c1CC(n1cncn1)N2. The van der Waals surface area contributed by atoms with Crippen molar-refractivity contribution in [3.63, 3.8) is 0 Å². The third-order valence-electron chi connectivity index (χ3n) is 5.09. The number of methoxy groups -OCH3 is 1. The Morgan fingerprint density at radius 3 is 2.82 bits per heavy atom. The molecule has 1 aliphatic heterocycles. The van der Waals surface area contributed by atoms with Crippen LogP contribution in [0.1, 0.15) is 23.0 Å². The van der Waals surface area contributed by atoms with Crippen molar-refractivity contribution in [2.75, 3.05) is 12.4 Å². The van der Waals surface area contributed by atoms with Gasteiger partial charge in [-0.2, -0.15) is 10.2 Å².